The van der Waals surface area contributed by atoms with Crippen molar-refractivity contribution >= 4 is 34.4 Å². The molecule has 4 rings (SSSR count). The molecule has 0 saturated carbocycles. The summed E-state index contributed by atoms with van der Waals surface area (Å²) in [6.45, 7) is 2.04. The van der Waals surface area contributed by atoms with Crippen molar-refractivity contribution in [1.29, 1.82) is 0 Å². The quantitative estimate of drug-likeness (QED) is 0.269. The monoisotopic (exact) mass is 395 g/mol. The van der Waals surface area contributed by atoms with Crippen molar-refractivity contribution in [3.8, 4) is 11.3 Å². The zero-order chi connectivity index (χ0) is 19.0. The summed E-state index contributed by atoms with van der Waals surface area (Å²) in [5.41, 5.74) is 5.31. The van der Waals surface area contributed by atoms with E-state index in [0.29, 0.717) is 27.0 Å². The number of rotatable bonds is 3. The first-order valence-corrected chi connectivity index (χ1v) is 9.05. The Bertz CT molecular complexity index is 1140. The molecule has 2 aromatic heterocycles. The van der Waals surface area contributed by atoms with Gasteiger partial charge in [0.1, 0.15) is 5.71 Å². The second-order valence-electron chi connectivity index (χ2n) is 6.20. The highest BCUT2D eigenvalue weighted by atomic mass is 35.5. The van der Waals surface area contributed by atoms with Crippen LogP contribution >= 0.6 is 23.2 Å². The highest BCUT2D eigenvalue weighted by Gasteiger charge is 2.19. The number of benzene rings is 2. The van der Waals surface area contributed by atoms with E-state index in [1.807, 2.05) is 53.9 Å². The zero-order valence-electron chi connectivity index (χ0n) is 14.4. The fourth-order valence-electron chi connectivity index (χ4n) is 3.02. The van der Waals surface area contributed by atoms with Gasteiger partial charge < -0.3 is 9.61 Å². The first kappa shape index (κ1) is 17.6. The Kier molecular flexibility index (Phi) is 4.60. The molecule has 0 aliphatic rings. The topological polar surface area (TPSA) is 49.9 Å². The minimum Gasteiger partial charge on any atom is -0.410 e. The van der Waals surface area contributed by atoms with Crippen molar-refractivity contribution in [3.63, 3.8) is 0 Å². The van der Waals surface area contributed by atoms with E-state index < -0.39 is 0 Å². The van der Waals surface area contributed by atoms with Gasteiger partial charge in [-0.15, -0.1) is 0 Å². The molecule has 4 aromatic rings. The molecule has 2 aromatic carbocycles. The third-order valence-electron chi connectivity index (χ3n) is 4.43. The average molecular weight is 396 g/mol. The number of aromatic nitrogens is 2. The minimum atomic E-state index is 0.298. The minimum absolute atomic E-state index is 0.298. The molecule has 0 radical (unpaired) electrons. The SMILES string of the molecule is Cc1ccc(-c2cn3c(/C(=N/O)c4c(Cl)cccc4Cl)ccc3cn2)cc1. The number of nitrogens with zero attached hydrogens (tertiary/aromatic N) is 3. The van der Waals surface area contributed by atoms with Crippen LogP contribution in [0.1, 0.15) is 16.8 Å². The molecule has 0 amide bonds. The molecule has 27 heavy (non-hydrogen) atoms. The number of hydrogen-bond donors (Lipinski definition) is 1. The van der Waals surface area contributed by atoms with Gasteiger partial charge in [0.2, 0.25) is 0 Å². The van der Waals surface area contributed by atoms with Crippen LogP contribution in [0.3, 0.4) is 0 Å². The maximum absolute atomic E-state index is 9.72. The van der Waals surface area contributed by atoms with Gasteiger partial charge in [-0.2, -0.15) is 0 Å². The van der Waals surface area contributed by atoms with Gasteiger partial charge in [0.15, 0.2) is 0 Å². The molecule has 6 heteroatoms. The van der Waals surface area contributed by atoms with Crippen molar-refractivity contribution in [2.75, 3.05) is 0 Å². The summed E-state index contributed by atoms with van der Waals surface area (Å²) >= 11 is 12.6. The van der Waals surface area contributed by atoms with E-state index in [0.717, 1.165) is 16.8 Å². The average Bonchev–Trinajstić information content (AvgIpc) is 3.08. The van der Waals surface area contributed by atoms with Crippen LogP contribution < -0.4 is 0 Å². The lowest BCUT2D eigenvalue weighted by Crippen LogP contribution is -2.09. The summed E-state index contributed by atoms with van der Waals surface area (Å²) in [5, 5.41) is 14.0. The highest BCUT2D eigenvalue weighted by molar-refractivity contribution is 6.41. The number of aryl methyl sites for hydroxylation is 1. The number of halogens is 2. The highest BCUT2D eigenvalue weighted by Crippen LogP contribution is 2.29. The number of fused-ring (bicyclic) bond motifs is 1. The molecular formula is C21H15Cl2N3O. The van der Waals surface area contributed by atoms with Crippen LogP contribution in [0.15, 0.2) is 72.1 Å². The molecule has 134 valence electrons. The molecule has 0 aliphatic heterocycles. The first-order chi connectivity index (χ1) is 13.1. The third-order valence-corrected chi connectivity index (χ3v) is 5.06. The Labute approximate surface area is 166 Å². The first-order valence-electron chi connectivity index (χ1n) is 8.29. The number of oxime groups is 1. The smallest absolute Gasteiger partial charge is 0.136 e. The molecule has 4 nitrogen and oxygen atoms in total. The lowest BCUT2D eigenvalue weighted by molar-refractivity contribution is 0.319. The van der Waals surface area contributed by atoms with Gasteiger partial charge in [0.25, 0.3) is 0 Å². The molecule has 0 atom stereocenters. The lowest BCUT2D eigenvalue weighted by atomic mass is 10.1. The van der Waals surface area contributed by atoms with Gasteiger partial charge in [-0.05, 0) is 31.2 Å². The van der Waals surface area contributed by atoms with E-state index in [1.54, 1.807) is 24.4 Å². The third kappa shape index (κ3) is 3.18. The van der Waals surface area contributed by atoms with Gasteiger partial charge in [-0.3, -0.25) is 4.98 Å². The van der Waals surface area contributed by atoms with E-state index in [-0.39, 0.29) is 0 Å². The zero-order valence-corrected chi connectivity index (χ0v) is 15.9. The van der Waals surface area contributed by atoms with Crippen LogP contribution in [-0.2, 0) is 0 Å². The van der Waals surface area contributed by atoms with Gasteiger partial charge in [0.05, 0.1) is 33.1 Å². The van der Waals surface area contributed by atoms with Crippen molar-refractivity contribution in [2.24, 2.45) is 5.16 Å². The fraction of sp³-hybridized carbons (Fsp3) is 0.0476. The van der Waals surface area contributed by atoms with Crippen molar-refractivity contribution in [3.05, 3.63) is 93.9 Å². The fourth-order valence-corrected chi connectivity index (χ4v) is 3.60. The van der Waals surface area contributed by atoms with Crippen LogP contribution in [-0.4, -0.2) is 20.3 Å². The Morgan fingerprint density at radius 3 is 2.37 bits per heavy atom. The summed E-state index contributed by atoms with van der Waals surface area (Å²) < 4.78 is 1.91. The Hall–Kier alpha value is -2.82. The summed E-state index contributed by atoms with van der Waals surface area (Å²) in [7, 11) is 0. The Morgan fingerprint density at radius 1 is 1.00 bits per heavy atom. The van der Waals surface area contributed by atoms with Crippen molar-refractivity contribution in [1.82, 2.24) is 9.38 Å². The maximum atomic E-state index is 9.72. The van der Waals surface area contributed by atoms with Gasteiger partial charge >= 0.3 is 0 Å². The second-order valence-corrected chi connectivity index (χ2v) is 7.01. The van der Waals surface area contributed by atoms with E-state index >= 15 is 0 Å². The normalized spacial score (nSPS) is 11.9. The molecule has 0 fully saturated rings. The molecular weight excluding hydrogens is 381 g/mol. The van der Waals surface area contributed by atoms with Crippen LogP contribution in [0.4, 0.5) is 0 Å². The molecule has 0 bridgehead atoms. The molecule has 0 aliphatic carbocycles. The molecule has 0 unspecified atom stereocenters. The summed E-state index contributed by atoms with van der Waals surface area (Å²) in [5.74, 6) is 0. The van der Waals surface area contributed by atoms with Crippen molar-refractivity contribution in [2.45, 2.75) is 6.92 Å². The van der Waals surface area contributed by atoms with Gasteiger partial charge in [-0.25, -0.2) is 0 Å². The number of hydrogen-bond acceptors (Lipinski definition) is 3. The second kappa shape index (κ2) is 7.06. The van der Waals surface area contributed by atoms with Crippen LogP contribution in [0.2, 0.25) is 10.0 Å². The van der Waals surface area contributed by atoms with Crippen LogP contribution in [0, 0.1) is 6.92 Å². The van der Waals surface area contributed by atoms with Crippen LogP contribution in [0.5, 0.6) is 0 Å². The van der Waals surface area contributed by atoms with E-state index in [2.05, 4.69) is 10.1 Å². The molecule has 2 heterocycles. The lowest BCUT2D eigenvalue weighted by Gasteiger charge is -2.10. The maximum Gasteiger partial charge on any atom is 0.136 e. The predicted molar refractivity (Wildman–Crippen MR) is 109 cm³/mol. The standard InChI is InChI=1S/C21H15Cl2N3O/c1-13-5-7-14(8-6-13)18-12-26-15(11-24-18)9-10-19(26)21(25-27)20-16(22)3-2-4-17(20)23/h2-12,27H,1H3/b25-21-. The molecule has 1 N–H and O–H groups in total. The molecule has 0 saturated heterocycles. The van der Waals surface area contributed by atoms with E-state index in [4.69, 9.17) is 23.2 Å². The van der Waals surface area contributed by atoms with Gasteiger partial charge in [0, 0.05) is 17.3 Å². The van der Waals surface area contributed by atoms with Crippen molar-refractivity contribution < 1.29 is 5.21 Å². The summed E-state index contributed by atoms with van der Waals surface area (Å²) in [6, 6.07) is 17.1. The van der Waals surface area contributed by atoms with E-state index in [9.17, 15) is 5.21 Å². The summed E-state index contributed by atoms with van der Waals surface area (Å²) in [4.78, 5) is 4.54. The van der Waals surface area contributed by atoms with Gasteiger partial charge in [-0.1, -0.05) is 64.3 Å². The Morgan fingerprint density at radius 2 is 1.70 bits per heavy atom. The predicted octanol–water partition coefficient (Wildman–Crippen LogP) is 5.84. The van der Waals surface area contributed by atoms with Crippen LogP contribution in [0.25, 0.3) is 16.8 Å². The Balaban J connectivity index is 1.89. The molecule has 0 spiro atoms. The summed E-state index contributed by atoms with van der Waals surface area (Å²) in [6.07, 6.45) is 3.69. The van der Waals surface area contributed by atoms with E-state index in [1.165, 1.54) is 5.56 Å². The largest absolute Gasteiger partial charge is 0.410 e.